The lowest BCUT2D eigenvalue weighted by Crippen LogP contribution is -2.48. The average Bonchev–Trinajstić information content (AvgIpc) is 2.92. The van der Waals surface area contributed by atoms with Crippen LogP contribution in [0.4, 0.5) is 0 Å². The minimum atomic E-state index is -3.82. The number of fused-ring (bicyclic) bond motifs is 1. The first-order chi connectivity index (χ1) is 19.5. The zero-order valence-corrected chi connectivity index (χ0v) is 25.3. The van der Waals surface area contributed by atoms with Crippen LogP contribution < -0.4 is 0 Å². The Bertz CT molecular complexity index is 1510. The van der Waals surface area contributed by atoms with Crippen molar-refractivity contribution in [1.82, 2.24) is 9.21 Å². The summed E-state index contributed by atoms with van der Waals surface area (Å²) in [4.78, 5) is 15.1. The molecule has 41 heavy (non-hydrogen) atoms. The second-order valence-corrected chi connectivity index (χ2v) is 13.6. The number of likely N-dealkylation sites (tertiary alicyclic amines) is 1. The van der Waals surface area contributed by atoms with Crippen LogP contribution in [0.5, 0.6) is 0 Å². The van der Waals surface area contributed by atoms with E-state index in [0.717, 1.165) is 33.4 Å². The molecule has 0 bridgehead atoms. The van der Waals surface area contributed by atoms with Gasteiger partial charge in [0.25, 0.3) is 0 Å². The Kier molecular flexibility index (Phi) is 8.60. The second kappa shape index (κ2) is 11.9. The Morgan fingerprint density at radius 1 is 1.00 bits per heavy atom. The Balaban J connectivity index is 1.26. The van der Waals surface area contributed by atoms with Crippen LogP contribution in [0, 0.1) is 20.8 Å². The Morgan fingerprint density at radius 2 is 1.61 bits per heavy atom. The molecule has 7 nitrogen and oxygen atoms in total. The predicted molar refractivity (Wildman–Crippen MR) is 159 cm³/mol. The third kappa shape index (κ3) is 6.22. The molecule has 0 spiro atoms. The van der Waals surface area contributed by atoms with Gasteiger partial charge in [-0.1, -0.05) is 65.7 Å². The second-order valence-electron chi connectivity index (χ2n) is 11.3. The van der Waals surface area contributed by atoms with Gasteiger partial charge in [0, 0.05) is 24.7 Å². The minimum Gasteiger partial charge on any atom is -0.385 e. The zero-order valence-electron chi connectivity index (χ0n) is 23.8. The summed E-state index contributed by atoms with van der Waals surface area (Å²) in [6.07, 6.45) is 1.34. The zero-order chi connectivity index (χ0) is 29.4. The normalized spacial score (nSPS) is 19.1. The number of carbonyl (C=O) groups is 1. The smallest absolute Gasteiger partial charge is 0.248 e. The van der Waals surface area contributed by atoms with Gasteiger partial charge < -0.3 is 14.7 Å². The summed E-state index contributed by atoms with van der Waals surface area (Å²) >= 11 is 5.99. The van der Waals surface area contributed by atoms with E-state index in [2.05, 4.69) is 0 Å². The third-order valence-electron chi connectivity index (χ3n) is 8.34. The third-order valence-corrected chi connectivity index (χ3v) is 10.8. The van der Waals surface area contributed by atoms with Crippen molar-refractivity contribution >= 4 is 27.5 Å². The largest absolute Gasteiger partial charge is 0.385 e. The van der Waals surface area contributed by atoms with Gasteiger partial charge in [-0.15, -0.1) is 0 Å². The number of hydrogen-bond donors (Lipinski definition) is 1. The van der Waals surface area contributed by atoms with Gasteiger partial charge in [-0.25, -0.2) is 8.42 Å². The number of aliphatic hydroxyl groups is 1. The van der Waals surface area contributed by atoms with Gasteiger partial charge in [-0.2, -0.15) is 4.31 Å². The summed E-state index contributed by atoms with van der Waals surface area (Å²) in [7, 11) is -3.82. The molecule has 2 heterocycles. The van der Waals surface area contributed by atoms with Gasteiger partial charge in [0.05, 0.1) is 23.1 Å². The highest BCUT2D eigenvalue weighted by atomic mass is 35.5. The number of carbonyl (C=O) groups excluding carboxylic acids is 1. The molecule has 218 valence electrons. The molecule has 2 aliphatic heterocycles. The van der Waals surface area contributed by atoms with Crippen LogP contribution >= 0.6 is 11.6 Å². The number of benzene rings is 3. The number of rotatable bonds is 7. The van der Waals surface area contributed by atoms with Crippen molar-refractivity contribution in [2.45, 2.75) is 63.1 Å². The summed E-state index contributed by atoms with van der Waals surface area (Å²) in [5.41, 5.74) is 4.33. The molecule has 1 atom stereocenters. The van der Waals surface area contributed by atoms with E-state index in [4.69, 9.17) is 16.3 Å². The number of hydrogen-bond acceptors (Lipinski definition) is 5. The van der Waals surface area contributed by atoms with Crippen LogP contribution in [0.3, 0.4) is 0 Å². The molecule has 1 fully saturated rings. The summed E-state index contributed by atoms with van der Waals surface area (Å²) in [6, 6.07) is 18.4. The average molecular weight is 597 g/mol. The van der Waals surface area contributed by atoms with Gasteiger partial charge in [0.1, 0.15) is 6.61 Å². The number of piperidine rings is 1. The maximum Gasteiger partial charge on any atom is 0.248 e. The molecule has 0 aromatic heterocycles. The van der Waals surface area contributed by atoms with Crippen molar-refractivity contribution < 1.29 is 23.1 Å². The van der Waals surface area contributed by atoms with Crippen molar-refractivity contribution in [2.75, 3.05) is 26.3 Å². The summed E-state index contributed by atoms with van der Waals surface area (Å²) < 4.78 is 35.6. The molecule has 1 unspecified atom stereocenters. The topological polar surface area (TPSA) is 87.2 Å². The molecule has 1 amide bonds. The van der Waals surface area contributed by atoms with E-state index in [1.807, 2.05) is 69.3 Å². The molecule has 1 saturated heterocycles. The van der Waals surface area contributed by atoms with Crippen LogP contribution in [0.15, 0.2) is 65.6 Å². The monoisotopic (exact) mass is 596 g/mol. The summed E-state index contributed by atoms with van der Waals surface area (Å²) in [6.45, 7) is 6.66. The molecule has 0 saturated carbocycles. The maximum absolute atomic E-state index is 14.1. The molecule has 5 rings (SSSR count). The van der Waals surface area contributed by atoms with Crippen molar-refractivity contribution in [2.24, 2.45) is 0 Å². The molecular formula is C32H37ClN2O5S. The number of aryl methyl sites for hydroxylation is 3. The molecule has 3 aromatic carbocycles. The van der Waals surface area contributed by atoms with Crippen LogP contribution in [0.1, 0.15) is 46.2 Å². The van der Waals surface area contributed by atoms with Crippen LogP contribution in [-0.4, -0.2) is 61.0 Å². The van der Waals surface area contributed by atoms with Crippen LogP contribution in [-0.2, 0) is 38.1 Å². The van der Waals surface area contributed by atoms with E-state index >= 15 is 0 Å². The number of nitrogens with zero attached hydrogens (tertiary/aromatic N) is 2. The van der Waals surface area contributed by atoms with Gasteiger partial charge in [0.2, 0.25) is 15.9 Å². The van der Waals surface area contributed by atoms with E-state index in [9.17, 15) is 18.3 Å². The lowest BCUT2D eigenvalue weighted by Gasteiger charge is -2.39. The van der Waals surface area contributed by atoms with Crippen LogP contribution in [0.2, 0.25) is 5.02 Å². The number of amides is 1. The molecular weight excluding hydrogens is 560 g/mol. The lowest BCUT2D eigenvalue weighted by molar-refractivity contribution is -0.141. The maximum atomic E-state index is 14.1. The van der Waals surface area contributed by atoms with Gasteiger partial charge in [0.15, 0.2) is 0 Å². The van der Waals surface area contributed by atoms with E-state index in [0.29, 0.717) is 42.3 Å². The molecule has 9 heteroatoms. The van der Waals surface area contributed by atoms with E-state index in [1.165, 1.54) is 4.31 Å². The summed E-state index contributed by atoms with van der Waals surface area (Å²) in [5, 5.41) is 11.7. The first-order valence-electron chi connectivity index (χ1n) is 14.0. The Morgan fingerprint density at radius 3 is 2.24 bits per heavy atom. The van der Waals surface area contributed by atoms with Gasteiger partial charge >= 0.3 is 0 Å². The predicted octanol–water partition coefficient (Wildman–Crippen LogP) is 4.91. The lowest BCUT2D eigenvalue weighted by atomic mass is 9.84. The van der Waals surface area contributed by atoms with Crippen molar-refractivity contribution in [1.29, 1.82) is 0 Å². The van der Waals surface area contributed by atoms with Crippen molar-refractivity contribution in [3.05, 3.63) is 99.1 Å². The van der Waals surface area contributed by atoms with Crippen molar-refractivity contribution in [3.8, 4) is 0 Å². The van der Waals surface area contributed by atoms with Crippen molar-refractivity contribution in [3.63, 3.8) is 0 Å². The first-order valence-corrected chi connectivity index (χ1v) is 15.8. The summed E-state index contributed by atoms with van der Waals surface area (Å²) in [5.74, 6) is -0.168. The molecule has 3 aromatic rings. The highest BCUT2D eigenvalue weighted by Crippen LogP contribution is 2.34. The highest BCUT2D eigenvalue weighted by Gasteiger charge is 2.38. The van der Waals surface area contributed by atoms with E-state index < -0.39 is 21.7 Å². The fraction of sp³-hybridized carbons (Fsp3) is 0.406. The first kappa shape index (κ1) is 29.7. The Labute approximate surface area is 247 Å². The quantitative estimate of drug-likeness (QED) is 0.419. The van der Waals surface area contributed by atoms with Crippen LogP contribution in [0.25, 0.3) is 0 Å². The number of halogens is 1. The number of sulfonamides is 1. The van der Waals surface area contributed by atoms with E-state index in [-0.39, 0.29) is 25.7 Å². The standard InChI is InChI=1S/C32H37ClN2O5S/c1-22-16-23(2)31(24(3)17-22)41(38,39)35-19-26-7-5-4-6-25(26)18-29(35)20-40-21-30(36)34-14-12-32(37,13-15-34)27-8-10-28(33)11-9-27/h4-11,16-17,29,37H,12-15,18-21H2,1-3H3. The van der Waals surface area contributed by atoms with Gasteiger partial charge in [-0.3, -0.25) is 4.79 Å². The molecule has 1 N–H and O–H groups in total. The molecule has 0 aliphatic carbocycles. The van der Waals surface area contributed by atoms with Gasteiger partial charge in [-0.05, 0) is 80.0 Å². The number of ether oxygens (including phenoxy) is 1. The van der Waals surface area contributed by atoms with E-state index in [1.54, 1.807) is 17.0 Å². The SMILES string of the molecule is Cc1cc(C)c(S(=O)(=O)N2Cc3ccccc3CC2COCC(=O)N2CCC(O)(c3ccc(Cl)cc3)CC2)c(C)c1. The minimum absolute atomic E-state index is 0.103. The molecule has 0 radical (unpaired) electrons. The fourth-order valence-electron chi connectivity index (χ4n) is 6.23. The molecule has 2 aliphatic rings. The highest BCUT2D eigenvalue weighted by molar-refractivity contribution is 7.89. The Hall–Kier alpha value is -2.75. The fourth-order valence-corrected chi connectivity index (χ4v) is 8.36.